The number of rotatable bonds is 18. The number of nitrogens with one attached hydrogen (secondary N) is 5. The SMILES string of the molecule is CCCNc1nc(Cl)ncc1C#CCCCNC(=O)[C@H](C)N(C)C(=O)OC(C)(C)C.CCCNc1nc(Nc2ccccc2)ncc1C#CCCCNC(=O)[C@H](C)N(C)C(=O)OC(C)(C)C. The Morgan fingerprint density at radius 2 is 1.12 bits per heavy atom. The molecule has 17 nitrogen and oxygen atoms in total. The van der Waals surface area contributed by atoms with Crippen LogP contribution in [0.2, 0.25) is 5.28 Å². The largest absolute Gasteiger partial charge is 0.444 e. The van der Waals surface area contributed by atoms with Crippen LogP contribution in [0, 0.1) is 23.7 Å². The molecule has 0 unspecified atom stereocenters. The second kappa shape index (κ2) is 28.6. The molecule has 3 aromatic rings. The number of carbonyl (C=O) groups is 4. The summed E-state index contributed by atoms with van der Waals surface area (Å²) in [5.74, 6) is 13.7. The van der Waals surface area contributed by atoms with E-state index in [0.717, 1.165) is 37.2 Å². The summed E-state index contributed by atoms with van der Waals surface area (Å²) in [5.41, 5.74) is 1.09. The van der Waals surface area contributed by atoms with E-state index in [1.807, 2.05) is 30.3 Å². The number of ether oxygens (including phenoxy) is 2. The van der Waals surface area contributed by atoms with Crippen LogP contribution in [0.3, 0.4) is 0 Å². The first-order valence-corrected chi connectivity index (χ1v) is 22.7. The van der Waals surface area contributed by atoms with Gasteiger partial charge in [-0.15, -0.1) is 0 Å². The highest BCUT2D eigenvalue weighted by molar-refractivity contribution is 6.28. The van der Waals surface area contributed by atoms with Crippen molar-refractivity contribution in [1.29, 1.82) is 0 Å². The van der Waals surface area contributed by atoms with Crippen LogP contribution in [-0.4, -0.2) is 117 Å². The smallest absolute Gasteiger partial charge is 0.410 e. The van der Waals surface area contributed by atoms with E-state index in [4.69, 9.17) is 21.1 Å². The van der Waals surface area contributed by atoms with Crippen LogP contribution in [0.25, 0.3) is 0 Å². The van der Waals surface area contributed by atoms with E-state index >= 15 is 0 Å². The van der Waals surface area contributed by atoms with Gasteiger partial charge in [0.25, 0.3) is 0 Å². The number of likely N-dealkylation sites (N-methyl/N-ethyl adjacent to an activating group) is 2. The molecule has 0 aliphatic rings. The number of hydrogen-bond donors (Lipinski definition) is 5. The Balaban J connectivity index is 0.000000462. The number of carbonyl (C=O) groups excluding carboxylic acids is 4. The maximum Gasteiger partial charge on any atom is 0.410 e. The summed E-state index contributed by atoms with van der Waals surface area (Å²) >= 11 is 5.84. The fraction of sp³-hybridized carbons (Fsp3) is 0.542. The Kier molecular flexibility index (Phi) is 24.1. The van der Waals surface area contributed by atoms with Gasteiger partial charge in [-0.1, -0.05) is 55.7 Å². The molecule has 360 valence electrons. The lowest BCUT2D eigenvalue weighted by molar-refractivity contribution is -0.126. The van der Waals surface area contributed by atoms with Crippen LogP contribution in [0.1, 0.15) is 119 Å². The molecule has 0 aliphatic carbocycles. The molecule has 66 heavy (non-hydrogen) atoms. The molecule has 2 atom stereocenters. The van der Waals surface area contributed by atoms with Crippen molar-refractivity contribution in [2.24, 2.45) is 0 Å². The molecule has 5 N–H and O–H groups in total. The highest BCUT2D eigenvalue weighted by Crippen LogP contribution is 2.18. The van der Waals surface area contributed by atoms with Crippen LogP contribution in [0.4, 0.5) is 32.9 Å². The maximum atomic E-state index is 12.4. The Morgan fingerprint density at radius 3 is 1.56 bits per heavy atom. The highest BCUT2D eigenvalue weighted by Gasteiger charge is 2.28. The lowest BCUT2D eigenvalue weighted by Crippen LogP contribution is -2.47. The lowest BCUT2D eigenvalue weighted by atomic mass is 10.2. The van der Waals surface area contributed by atoms with Crippen molar-refractivity contribution in [2.75, 3.05) is 56.2 Å². The zero-order valence-electron chi connectivity index (χ0n) is 40.8. The monoisotopic (exact) mass is 932 g/mol. The first-order chi connectivity index (χ1) is 31.1. The van der Waals surface area contributed by atoms with E-state index in [1.165, 1.54) is 9.80 Å². The minimum Gasteiger partial charge on any atom is -0.444 e. The molecule has 2 heterocycles. The van der Waals surface area contributed by atoms with E-state index in [9.17, 15) is 19.2 Å². The molecule has 0 fully saturated rings. The van der Waals surface area contributed by atoms with E-state index in [0.29, 0.717) is 61.9 Å². The van der Waals surface area contributed by atoms with Gasteiger partial charge in [-0.25, -0.2) is 19.6 Å². The average molecular weight is 933 g/mol. The Labute approximate surface area is 396 Å². The number of nitrogens with zero attached hydrogens (tertiary/aromatic N) is 6. The number of para-hydroxylation sites is 1. The van der Waals surface area contributed by atoms with Gasteiger partial charge < -0.3 is 36.1 Å². The Hall–Kier alpha value is -6.33. The van der Waals surface area contributed by atoms with Crippen molar-refractivity contribution in [1.82, 2.24) is 40.4 Å². The van der Waals surface area contributed by atoms with Gasteiger partial charge in [0, 0.05) is 65.0 Å². The number of unbranched alkanes of at least 4 members (excludes halogenated alkanes) is 2. The van der Waals surface area contributed by atoms with Gasteiger partial charge in [-0.05, 0) is 105 Å². The van der Waals surface area contributed by atoms with Crippen LogP contribution >= 0.6 is 11.6 Å². The van der Waals surface area contributed by atoms with E-state index in [-0.39, 0.29) is 17.1 Å². The fourth-order valence-corrected chi connectivity index (χ4v) is 5.25. The molecule has 0 radical (unpaired) electrons. The van der Waals surface area contributed by atoms with Crippen molar-refractivity contribution in [3.8, 4) is 23.7 Å². The van der Waals surface area contributed by atoms with Gasteiger partial charge in [0.1, 0.15) is 34.9 Å². The van der Waals surface area contributed by atoms with Gasteiger partial charge in [0.15, 0.2) is 0 Å². The van der Waals surface area contributed by atoms with Crippen LogP contribution in [0.15, 0.2) is 42.7 Å². The quantitative estimate of drug-likeness (QED) is 0.0467. The number of anilines is 4. The summed E-state index contributed by atoms with van der Waals surface area (Å²) in [6.45, 7) is 20.6. The van der Waals surface area contributed by atoms with Gasteiger partial charge >= 0.3 is 12.2 Å². The van der Waals surface area contributed by atoms with Crippen LogP contribution < -0.4 is 26.6 Å². The summed E-state index contributed by atoms with van der Waals surface area (Å²) in [6, 6.07) is 8.47. The van der Waals surface area contributed by atoms with Crippen molar-refractivity contribution in [2.45, 2.75) is 131 Å². The number of hydrogen-bond acceptors (Lipinski definition) is 13. The molecule has 0 aliphatic heterocycles. The van der Waals surface area contributed by atoms with E-state index in [1.54, 1.807) is 81.9 Å². The summed E-state index contributed by atoms with van der Waals surface area (Å²) < 4.78 is 10.6. The maximum absolute atomic E-state index is 12.4. The standard InChI is InChI=1S/C27H38N6O3.C21H32ClN5O3/c1-7-17-28-23-21(19-30-25(32-23)31-22-15-11-8-12-16-22)14-10-9-13-18-29-24(34)20(2)33(6)26(35)36-27(3,4)5;1-7-12-23-17-16(14-25-19(22)26-17)11-9-8-10-13-24-18(28)15(2)27(6)20(29)30-21(3,4)5/h8,11-12,15-16,19-20H,7,9,13,17-18H2,1-6H3,(H,29,34)(H2,28,30,31,32);14-15H,7-8,10,12-13H2,1-6H3,(H,24,28)(H,23,25,26)/t20-;15-/m00/s1. The second-order valence-corrected chi connectivity index (χ2v) is 17.5. The molecule has 2 aromatic heterocycles. The third-order valence-electron chi connectivity index (χ3n) is 8.95. The first-order valence-electron chi connectivity index (χ1n) is 22.3. The normalized spacial score (nSPS) is 11.6. The predicted octanol–water partition coefficient (Wildman–Crippen LogP) is 8.00. The van der Waals surface area contributed by atoms with Crippen molar-refractivity contribution in [3.05, 3.63) is 59.1 Å². The second-order valence-electron chi connectivity index (χ2n) is 17.1. The molecule has 4 amide bonds. The fourth-order valence-electron chi connectivity index (χ4n) is 5.12. The van der Waals surface area contributed by atoms with E-state index < -0.39 is 35.5 Å². The molecule has 3 rings (SSSR count). The van der Waals surface area contributed by atoms with Crippen LogP contribution in [-0.2, 0) is 19.1 Å². The zero-order chi connectivity index (χ0) is 49.3. The summed E-state index contributed by atoms with van der Waals surface area (Å²) in [4.78, 5) is 68.5. The summed E-state index contributed by atoms with van der Waals surface area (Å²) in [6.07, 6.45) is 6.68. The summed E-state index contributed by atoms with van der Waals surface area (Å²) in [7, 11) is 3.10. The Bertz CT molecular complexity index is 2140. The van der Waals surface area contributed by atoms with Gasteiger partial charge in [-0.2, -0.15) is 9.97 Å². The van der Waals surface area contributed by atoms with Gasteiger partial charge in [-0.3, -0.25) is 19.4 Å². The van der Waals surface area contributed by atoms with E-state index in [2.05, 4.69) is 84.0 Å². The zero-order valence-corrected chi connectivity index (χ0v) is 41.5. The third-order valence-corrected chi connectivity index (χ3v) is 9.13. The molecular weight excluding hydrogens is 862 g/mol. The topological polar surface area (TPSA) is 205 Å². The van der Waals surface area contributed by atoms with Gasteiger partial charge in [0.05, 0.1) is 17.3 Å². The van der Waals surface area contributed by atoms with Crippen LogP contribution in [0.5, 0.6) is 0 Å². The molecule has 1 aromatic carbocycles. The lowest BCUT2D eigenvalue weighted by Gasteiger charge is -2.28. The van der Waals surface area contributed by atoms with Crippen molar-refractivity contribution >= 4 is 58.9 Å². The van der Waals surface area contributed by atoms with Crippen molar-refractivity contribution in [3.63, 3.8) is 0 Å². The molecular formula is C48H70ClN11O6. The minimum atomic E-state index is -0.640. The molecule has 0 saturated heterocycles. The first kappa shape index (κ1) is 55.8. The summed E-state index contributed by atoms with van der Waals surface area (Å²) in [5, 5.41) is 15.5. The molecule has 0 saturated carbocycles. The van der Waals surface area contributed by atoms with Gasteiger partial charge in [0.2, 0.25) is 23.0 Å². The third kappa shape index (κ3) is 22.0. The number of amides is 4. The number of aromatic nitrogens is 4. The minimum absolute atomic E-state index is 0.173. The number of halogens is 1. The molecule has 18 heteroatoms. The number of benzene rings is 1. The average Bonchev–Trinajstić information content (AvgIpc) is 3.26. The highest BCUT2D eigenvalue weighted by atomic mass is 35.5. The Morgan fingerprint density at radius 1 is 0.682 bits per heavy atom. The predicted molar refractivity (Wildman–Crippen MR) is 262 cm³/mol. The molecule has 0 spiro atoms. The molecule has 0 bridgehead atoms. The van der Waals surface area contributed by atoms with Crippen molar-refractivity contribution < 1.29 is 28.7 Å².